The van der Waals surface area contributed by atoms with Crippen molar-refractivity contribution in [1.29, 1.82) is 0 Å². The fraction of sp³-hybridized carbons (Fsp3) is 0.415. The first-order valence-corrected chi connectivity index (χ1v) is 19.2. The molecule has 3 aromatic carbocycles. The molecule has 13 atom stereocenters. The molecular weight excluding hydrogens is 844 g/mol. The molecule has 4 aromatic rings. The van der Waals surface area contributed by atoms with E-state index in [-0.39, 0.29) is 34.0 Å². The molecule has 22 heteroatoms. The van der Waals surface area contributed by atoms with Crippen molar-refractivity contribution in [3.8, 4) is 45.8 Å². The number of fused-ring (bicyclic) bond motifs is 1. The minimum absolute atomic E-state index is 0.124. The van der Waals surface area contributed by atoms with Gasteiger partial charge in [0.05, 0.1) is 25.9 Å². The highest BCUT2D eigenvalue weighted by Gasteiger charge is 2.51. The molecule has 3 aliphatic heterocycles. The minimum atomic E-state index is -2.14. The monoisotopic (exact) mass is 888 g/mol. The number of hydrogen-bond acceptors (Lipinski definition) is 22. The highest BCUT2D eigenvalue weighted by atomic mass is 16.7. The van der Waals surface area contributed by atoms with Gasteiger partial charge in [-0.15, -0.1) is 0 Å². The number of esters is 1. The highest BCUT2D eigenvalue weighted by molar-refractivity contribution is 5.89. The van der Waals surface area contributed by atoms with Gasteiger partial charge in [-0.05, 0) is 55.0 Å². The largest absolute Gasteiger partial charge is 0.508 e. The van der Waals surface area contributed by atoms with E-state index in [1.807, 2.05) is 0 Å². The van der Waals surface area contributed by atoms with Crippen LogP contribution in [0.2, 0.25) is 0 Å². The van der Waals surface area contributed by atoms with Crippen molar-refractivity contribution >= 4 is 23.0 Å². The first kappa shape index (κ1) is 45.4. The first-order chi connectivity index (χ1) is 29.9. The van der Waals surface area contributed by atoms with Crippen LogP contribution < -0.4 is 14.9 Å². The highest BCUT2D eigenvalue weighted by Crippen LogP contribution is 2.39. The van der Waals surface area contributed by atoms with Gasteiger partial charge in [0.1, 0.15) is 76.5 Å². The van der Waals surface area contributed by atoms with Crippen molar-refractivity contribution in [2.75, 3.05) is 19.8 Å². The van der Waals surface area contributed by atoms with Gasteiger partial charge in [0.15, 0.2) is 29.7 Å². The molecule has 3 saturated heterocycles. The summed E-state index contributed by atoms with van der Waals surface area (Å²) in [5, 5.41) is 124. The smallest absolute Gasteiger partial charge is 0.331 e. The molecule has 340 valence electrons. The third-order valence-corrected chi connectivity index (χ3v) is 10.6. The average Bonchev–Trinajstić information content (AvgIpc) is 3.54. The molecule has 22 nitrogen and oxygen atoms in total. The lowest BCUT2D eigenvalue weighted by Crippen LogP contribution is -2.62. The fourth-order valence-electron chi connectivity index (χ4n) is 6.97. The van der Waals surface area contributed by atoms with Crippen LogP contribution in [-0.4, -0.2) is 166 Å². The van der Waals surface area contributed by atoms with E-state index in [2.05, 4.69) is 0 Å². The summed E-state index contributed by atoms with van der Waals surface area (Å²) in [4.78, 5) is 27.2. The Kier molecular flexibility index (Phi) is 13.2. The second kappa shape index (κ2) is 18.2. The van der Waals surface area contributed by atoms with Gasteiger partial charge in [-0.3, -0.25) is 4.79 Å². The van der Waals surface area contributed by atoms with Crippen molar-refractivity contribution in [1.82, 2.24) is 0 Å². The zero-order chi connectivity index (χ0) is 45.5. The number of ether oxygens (including phenoxy) is 7. The van der Waals surface area contributed by atoms with Crippen LogP contribution in [0, 0.1) is 0 Å². The van der Waals surface area contributed by atoms with Gasteiger partial charge in [-0.2, -0.15) is 0 Å². The number of aliphatic hydroxyl groups is 8. The van der Waals surface area contributed by atoms with Gasteiger partial charge in [-0.1, -0.05) is 6.07 Å². The summed E-state index contributed by atoms with van der Waals surface area (Å²) >= 11 is 0. The summed E-state index contributed by atoms with van der Waals surface area (Å²) in [6, 6.07) is 10.9. The molecule has 4 heterocycles. The van der Waals surface area contributed by atoms with E-state index in [4.69, 9.17) is 37.6 Å². The number of phenols is 4. The third-order valence-electron chi connectivity index (χ3n) is 10.6. The number of aliphatic hydroxyl groups excluding tert-OH is 7. The van der Waals surface area contributed by atoms with E-state index in [9.17, 15) is 70.9 Å². The van der Waals surface area contributed by atoms with Gasteiger partial charge in [0.25, 0.3) is 0 Å². The summed E-state index contributed by atoms with van der Waals surface area (Å²) in [6.07, 6.45) is -18.1. The molecule has 0 bridgehead atoms. The molecule has 3 fully saturated rings. The number of aromatic hydroxyl groups is 4. The lowest BCUT2D eigenvalue weighted by molar-refractivity contribution is -0.319. The maximum Gasteiger partial charge on any atom is 0.331 e. The summed E-state index contributed by atoms with van der Waals surface area (Å²) in [5.74, 6) is -4.28. The van der Waals surface area contributed by atoms with Crippen LogP contribution in [0.3, 0.4) is 0 Å². The Morgan fingerprint density at radius 2 is 1.54 bits per heavy atom. The Hall–Kier alpha value is -5.60. The van der Waals surface area contributed by atoms with E-state index < -0.39 is 139 Å². The molecule has 63 heavy (non-hydrogen) atoms. The molecule has 0 aliphatic carbocycles. The molecule has 0 amide bonds. The molecule has 0 radical (unpaired) electrons. The topological polar surface area (TPSA) is 355 Å². The summed E-state index contributed by atoms with van der Waals surface area (Å²) in [5.41, 5.74) is -3.16. The van der Waals surface area contributed by atoms with Crippen LogP contribution in [0.15, 0.2) is 69.9 Å². The van der Waals surface area contributed by atoms with Crippen LogP contribution in [-0.2, 0) is 28.5 Å². The Balaban J connectivity index is 1.22. The molecule has 3 aliphatic rings. The minimum Gasteiger partial charge on any atom is -0.508 e. The fourth-order valence-corrected chi connectivity index (χ4v) is 6.97. The lowest BCUT2D eigenvalue weighted by atomic mass is 9.98. The van der Waals surface area contributed by atoms with E-state index in [1.54, 1.807) is 0 Å². The number of hydrogen-bond donors (Lipinski definition) is 12. The van der Waals surface area contributed by atoms with E-state index >= 15 is 0 Å². The van der Waals surface area contributed by atoms with Crippen molar-refractivity contribution < 1.29 is 104 Å². The predicted molar refractivity (Wildman–Crippen MR) is 208 cm³/mol. The number of benzene rings is 3. The van der Waals surface area contributed by atoms with Gasteiger partial charge in [0.2, 0.25) is 23.8 Å². The van der Waals surface area contributed by atoms with Crippen molar-refractivity contribution in [3.05, 3.63) is 76.5 Å². The molecule has 0 spiro atoms. The van der Waals surface area contributed by atoms with Gasteiger partial charge >= 0.3 is 5.97 Å². The maximum atomic E-state index is 14.1. The molecule has 7 rings (SSSR count). The van der Waals surface area contributed by atoms with Gasteiger partial charge in [0, 0.05) is 23.8 Å². The Labute approximate surface area is 354 Å². The second-order valence-electron chi connectivity index (χ2n) is 15.1. The number of carbonyl (C=O) groups excluding carboxylic acids is 1. The van der Waals surface area contributed by atoms with Gasteiger partial charge < -0.3 is 98.9 Å². The quantitative estimate of drug-likeness (QED) is 0.0433. The second-order valence-corrected chi connectivity index (χ2v) is 15.1. The Bertz CT molecular complexity index is 2370. The van der Waals surface area contributed by atoms with E-state index in [0.717, 1.165) is 30.3 Å². The zero-order valence-corrected chi connectivity index (χ0v) is 32.8. The van der Waals surface area contributed by atoms with Crippen LogP contribution in [0.1, 0.15) is 12.5 Å². The van der Waals surface area contributed by atoms with E-state index in [0.29, 0.717) is 0 Å². The maximum absolute atomic E-state index is 14.1. The molecule has 1 aromatic heterocycles. The van der Waals surface area contributed by atoms with Crippen molar-refractivity contribution in [3.63, 3.8) is 0 Å². The summed E-state index contributed by atoms with van der Waals surface area (Å²) in [7, 11) is 0. The molecule has 0 unspecified atom stereocenters. The number of rotatable bonds is 12. The number of carbonyl (C=O) groups is 1. The zero-order valence-electron chi connectivity index (χ0n) is 32.8. The van der Waals surface area contributed by atoms with Crippen LogP contribution in [0.5, 0.6) is 34.5 Å². The Morgan fingerprint density at radius 1 is 0.810 bits per heavy atom. The Morgan fingerprint density at radius 3 is 2.22 bits per heavy atom. The summed E-state index contributed by atoms with van der Waals surface area (Å²) < 4.78 is 45.5. The van der Waals surface area contributed by atoms with Crippen molar-refractivity contribution in [2.24, 2.45) is 0 Å². The van der Waals surface area contributed by atoms with Crippen LogP contribution >= 0.6 is 0 Å². The third kappa shape index (κ3) is 9.24. The van der Waals surface area contributed by atoms with Gasteiger partial charge in [-0.25, -0.2) is 4.79 Å². The SMILES string of the molecule is C[C@@H]1O[C@@H](OC[C@@H]2O[C@@H](Oc3cc(O)c4c(=O)c(O[C@@H]5OC[C@](O)(CO)[C@@H]5O)c(-c5ccc(O)cc5)oc4c3)[C@@H](OC(=O)/C=C\c3ccc(O)c(O)c3)[C@@H](O)[C@@H]2O)[C@@H](O)[C@@H](O)[C@@H]1O. The van der Waals surface area contributed by atoms with Crippen LogP contribution in [0.25, 0.3) is 28.4 Å². The average molecular weight is 889 g/mol. The lowest BCUT2D eigenvalue weighted by Gasteiger charge is -2.43. The predicted octanol–water partition coefficient (Wildman–Crippen LogP) is -1.60. The standard InChI is InChI=1S/C41H44O22/c1-16-28(48)31(51)33(53)38(58-16)56-13-25-29(49)32(52)36(62-26(47)9-3-17-2-8-21(44)22(45)10-17)39(61-25)59-20-11-23(46)27-24(12-20)60-34(18-4-6-19(43)7-5-18)35(30(27)50)63-40-37(54)41(55,14-42)15-57-40/h2-12,16,25,28-29,31-33,36-40,42-46,48-49,51-55H,13-15H2,1H3/b9-3-/t16-,25-,28+,29+,31-,32-,33-,36-,37+,38+,39+,40-,41+/m0/s1. The molecule has 12 N–H and O–H groups in total. The molecular formula is C41H44O22. The first-order valence-electron chi connectivity index (χ1n) is 19.2. The van der Waals surface area contributed by atoms with Crippen molar-refractivity contribution in [2.45, 2.75) is 86.3 Å². The molecule has 0 saturated carbocycles. The number of phenolic OH excluding ortho intramolecular Hbond substituents is 4. The normalized spacial score (nSPS) is 32.2. The van der Waals surface area contributed by atoms with Crippen LogP contribution in [0.4, 0.5) is 0 Å². The van der Waals surface area contributed by atoms with E-state index in [1.165, 1.54) is 43.3 Å². The summed E-state index contributed by atoms with van der Waals surface area (Å²) in [6.45, 7) is -0.749.